The summed E-state index contributed by atoms with van der Waals surface area (Å²) in [5.41, 5.74) is -0.684. The summed E-state index contributed by atoms with van der Waals surface area (Å²) in [5.74, 6) is -0.453. The standard InChI is InChI=1S/C9H11F3O.C2H6/c1-4-7(9(10,11)12)5-8(13)6(2)3;1-2/h4-5,13H,2H2,1,3H3;1-2H3/b7-4+,8-5+;. The molecule has 0 radical (unpaired) electrons. The highest BCUT2D eigenvalue weighted by Gasteiger charge is 2.31. The number of aliphatic hydroxyl groups excluding tert-OH is 1. The van der Waals surface area contributed by atoms with Gasteiger partial charge in [0.05, 0.1) is 5.57 Å². The van der Waals surface area contributed by atoms with Crippen LogP contribution >= 0.6 is 0 Å². The van der Waals surface area contributed by atoms with Crippen LogP contribution in [0.2, 0.25) is 0 Å². The van der Waals surface area contributed by atoms with Crippen LogP contribution in [0.4, 0.5) is 13.2 Å². The number of rotatable bonds is 2. The Hall–Kier alpha value is -1.19. The van der Waals surface area contributed by atoms with Crippen LogP contribution in [-0.4, -0.2) is 11.3 Å². The molecule has 1 nitrogen and oxygen atoms in total. The quantitative estimate of drug-likeness (QED) is 0.537. The predicted molar refractivity (Wildman–Crippen MR) is 56.7 cm³/mol. The fourth-order valence-corrected chi connectivity index (χ4v) is 0.599. The summed E-state index contributed by atoms with van der Waals surface area (Å²) in [6.07, 6.45) is -2.89. The molecular weight excluding hydrogens is 205 g/mol. The molecule has 0 rings (SSSR count). The maximum atomic E-state index is 12.1. The van der Waals surface area contributed by atoms with E-state index in [4.69, 9.17) is 5.11 Å². The molecule has 0 aromatic carbocycles. The van der Waals surface area contributed by atoms with Gasteiger partial charge in [-0.05, 0) is 25.5 Å². The number of hydrogen-bond acceptors (Lipinski definition) is 1. The summed E-state index contributed by atoms with van der Waals surface area (Å²) < 4.78 is 36.3. The van der Waals surface area contributed by atoms with E-state index in [0.717, 1.165) is 6.08 Å². The molecule has 0 spiro atoms. The Morgan fingerprint density at radius 2 is 1.67 bits per heavy atom. The third-order valence-corrected chi connectivity index (χ3v) is 1.37. The Balaban J connectivity index is 0. The number of halogens is 3. The lowest BCUT2D eigenvalue weighted by atomic mass is 10.1. The minimum absolute atomic E-state index is 0.198. The van der Waals surface area contributed by atoms with E-state index in [-0.39, 0.29) is 5.57 Å². The van der Waals surface area contributed by atoms with Crippen LogP contribution in [0, 0.1) is 0 Å². The number of hydrogen-bond donors (Lipinski definition) is 1. The van der Waals surface area contributed by atoms with Gasteiger partial charge in [-0.3, -0.25) is 0 Å². The van der Waals surface area contributed by atoms with Crippen molar-refractivity contribution in [3.63, 3.8) is 0 Å². The molecule has 0 saturated carbocycles. The van der Waals surface area contributed by atoms with Crippen molar-refractivity contribution in [3.8, 4) is 0 Å². The van der Waals surface area contributed by atoms with Crippen molar-refractivity contribution < 1.29 is 18.3 Å². The highest BCUT2D eigenvalue weighted by atomic mass is 19.4. The Morgan fingerprint density at radius 3 is 1.87 bits per heavy atom. The zero-order valence-electron chi connectivity index (χ0n) is 9.44. The average Bonchev–Trinajstić information content (AvgIpc) is 2.14. The number of aliphatic hydroxyl groups is 1. The summed E-state index contributed by atoms with van der Waals surface area (Å²) in [6.45, 7) is 9.99. The molecule has 1 N–H and O–H groups in total. The molecule has 0 saturated heterocycles. The fraction of sp³-hybridized carbons (Fsp3) is 0.455. The Bertz CT molecular complexity index is 259. The summed E-state index contributed by atoms with van der Waals surface area (Å²) in [5, 5.41) is 9.01. The molecular formula is C11H17F3O. The SMILES string of the molecule is C=C(C)/C(O)=C\C(=C/C)C(F)(F)F.CC. The Kier molecular flexibility index (Phi) is 7.74. The molecule has 15 heavy (non-hydrogen) atoms. The highest BCUT2D eigenvalue weighted by Crippen LogP contribution is 2.27. The lowest BCUT2D eigenvalue weighted by Crippen LogP contribution is -2.10. The lowest BCUT2D eigenvalue weighted by Gasteiger charge is -2.07. The Labute approximate surface area is 88.6 Å². The van der Waals surface area contributed by atoms with E-state index in [0.29, 0.717) is 6.08 Å². The van der Waals surface area contributed by atoms with Gasteiger partial charge in [-0.25, -0.2) is 0 Å². The van der Waals surface area contributed by atoms with Crippen molar-refractivity contribution in [2.45, 2.75) is 33.9 Å². The van der Waals surface area contributed by atoms with E-state index in [9.17, 15) is 13.2 Å². The van der Waals surface area contributed by atoms with E-state index >= 15 is 0 Å². The van der Waals surface area contributed by atoms with Crippen molar-refractivity contribution in [2.24, 2.45) is 0 Å². The van der Waals surface area contributed by atoms with Crippen molar-refractivity contribution in [1.29, 1.82) is 0 Å². The summed E-state index contributed by atoms with van der Waals surface area (Å²) >= 11 is 0. The third kappa shape index (κ3) is 6.82. The van der Waals surface area contributed by atoms with Crippen molar-refractivity contribution in [2.75, 3.05) is 0 Å². The van der Waals surface area contributed by atoms with Crippen molar-refractivity contribution in [3.05, 3.63) is 35.6 Å². The van der Waals surface area contributed by atoms with Crippen molar-refractivity contribution >= 4 is 0 Å². The van der Waals surface area contributed by atoms with Crippen LogP contribution in [0.1, 0.15) is 27.7 Å². The van der Waals surface area contributed by atoms with Crippen LogP contribution in [-0.2, 0) is 0 Å². The second-order valence-electron chi connectivity index (χ2n) is 2.55. The first-order valence-corrected chi connectivity index (χ1v) is 4.59. The van der Waals surface area contributed by atoms with Gasteiger partial charge in [0.15, 0.2) is 0 Å². The molecule has 0 amide bonds. The highest BCUT2D eigenvalue weighted by molar-refractivity contribution is 5.32. The zero-order valence-corrected chi connectivity index (χ0v) is 9.44. The zero-order chi connectivity index (χ0) is 12.6. The maximum Gasteiger partial charge on any atom is 0.416 e. The first-order chi connectivity index (χ1) is 6.79. The van der Waals surface area contributed by atoms with Crippen LogP contribution < -0.4 is 0 Å². The van der Waals surface area contributed by atoms with Gasteiger partial charge < -0.3 is 5.11 Å². The molecule has 0 heterocycles. The summed E-state index contributed by atoms with van der Waals surface area (Å²) in [4.78, 5) is 0. The normalized spacial score (nSPS) is 13.0. The number of allylic oxidation sites excluding steroid dienone is 4. The molecule has 4 heteroatoms. The monoisotopic (exact) mass is 222 g/mol. The maximum absolute atomic E-state index is 12.1. The molecule has 0 bridgehead atoms. The van der Waals surface area contributed by atoms with Crippen molar-refractivity contribution in [1.82, 2.24) is 0 Å². The molecule has 0 aliphatic carbocycles. The molecule has 0 atom stereocenters. The van der Waals surface area contributed by atoms with Gasteiger partial charge in [-0.2, -0.15) is 13.2 Å². The van der Waals surface area contributed by atoms with Crippen LogP contribution in [0.15, 0.2) is 35.6 Å². The van der Waals surface area contributed by atoms with Gasteiger partial charge in [-0.1, -0.05) is 26.5 Å². The van der Waals surface area contributed by atoms with E-state index < -0.39 is 17.5 Å². The molecule has 88 valence electrons. The minimum atomic E-state index is -4.43. The van der Waals surface area contributed by atoms with Gasteiger partial charge in [0.2, 0.25) is 0 Å². The largest absolute Gasteiger partial charge is 0.508 e. The van der Waals surface area contributed by atoms with E-state index in [1.165, 1.54) is 13.8 Å². The average molecular weight is 222 g/mol. The molecule has 0 unspecified atom stereocenters. The molecule has 0 fully saturated rings. The van der Waals surface area contributed by atoms with Gasteiger partial charge in [0, 0.05) is 0 Å². The van der Waals surface area contributed by atoms with E-state index in [1.807, 2.05) is 13.8 Å². The minimum Gasteiger partial charge on any atom is -0.508 e. The second-order valence-corrected chi connectivity index (χ2v) is 2.55. The first kappa shape index (κ1) is 16.2. The topological polar surface area (TPSA) is 20.2 Å². The van der Waals surface area contributed by atoms with E-state index in [2.05, 4.69) is 6.58 Å². The van der Waals surface area contributed by atoms with E-state index in [1.54, 1.807) is 0 Å². The molecule has 0 aromatic heterocycles. The molecule has 0 aliphatic rings. The first-order valence-electron chi connectivity index (χ1n) is 4.59. The van der Waals surface area contributed by atoms with Gasteiger partial charge >= 0.3 is 6.18 Å². The lowest BCUT2D eigenvalue weighted by molar-refractivity contribution is -0.0885. The molecule has 0 aliphatic heterocycles. The van der Waals surface area contributed by atoms with Crippen LogP contribution in [0.3, 0.4) is 0 Å². The van der Waals surface area contributed by atoms with Gasteiger partial charge in [0.1, 0.15) is 5.76 Å². The van der Waals surface area contributed by atoms with Crippen LogP contribution in [0.5, 0.6) is 0 Å². The van der Waals surface area contributed by atoms with Gasteiger partial charge in [0.25, 0.3) is 0 Å². The smallest absolute Gasteiger partial charge is 0.416 e. The second kappa shape index (κ2) is 7.15. The number of alkyl halides is 3. The fourth-order valence-electron chi connectivity index (χ4n) is 0.599. The third-order valence-electron chi connectivity index (χ3n) is 1.37. The van der Waals surface area contributed by atoms with Gasteiger partial charge in [-0.15, -0.1) is 0 Å². The summed E-state index contributed by atoms with van der Waals surface area (Å²) in [6, 6.07) is 0. The molecule has 0 aromatic rings. The predicted octanol–water partition coefficient (Wildman–Crippen LogP) is 4.54. The summed E-state index contributed by atoms with van der Waals surface area (Å²) in [7, 11) is 0. The Morgan fingerprint density at radius 1 is 1.27 bits per heavy atom. The van der Waals surface area contributed by atoms with Crippen LogP contribution in [0.25, 0.3) is 0 Å².